The molecule has 3 N–H and O–H groups in total. The molecule has 0 saturated carbocycles. The number of rotatable bonds is 4. The summed E-state index contributed by atoms with van der Waals surface area (Å²) in [6, 6.07) is 8.76. The van der Waals surface area contributed by atoms with Crippen molar-refractivity contribution in [3.05, 3.63) is 47.7 Å². The van der Waals surface area contributed by atoms with Gasteiger partial charge in [0, 0.05) is 0 Å². The van der Waals surface area contributed by atoms with E-state index in [9.17, 15) is 4.79 Å². The van der Waals surface area contributed by atoms with E-state index in [-0.39, 0.29) is 17.1 Å². The molecule has 1 aromatic heterocycles. The number of aryl methyl sites for hydroxylation is 1. The number of carboxylic acids is 1. The highest BCUT2D eigenvalue weighted by molar-refractivity contribution is 5.91. The number of nitrogens with zero attached hydrogens (tertiary/aromatic N) is 1. The van der Waals surface area contributed by atoms with Crippen molar-refractivity contribution in [1.29, 1.82) is 0 Å². The van der Waals surface area contributed by atoms with Gasteiger partial charge in [0.05, 0.1) is 11.9 Å². The third-order valence-electron chi connectivity index (χ3n) is 2.62. The maximum atomic E-state index is 11.1. The maximum Gasteiger partial charge on any atom is 0.341 e. The Balaban J connectivity index is 2.34. The van der Waals surface area contributed by atoms with Crippen LogP contribution in [-0.4, -0.2) is 16.1 Å². The van der Waals surface area contributed by atoms with Crippen LogP contribution >= 0.6 is 0 Å². The number of hydrogen-bond donors (Lipinski definition) is 2. The van der Waals surface area contributed by atoms with Crippen molar-refractivity contribution >= 4 is 11.7 Å². The molecule has 5 heteroatoms. The highest BCUT2D eigenvalue weighted by atomic mass is 16.5. The summed E-state index contributed by atoms with van der Waals surface area (Å²) in [7, 11) is 0. The molecule has 19 heavy (non-hydrogen) atoms. The quantitative estimate of drug-likeness (QED) is 0.880. The van der Waals surface area contributed by atoms with Gasteiger partial charge in [-0.25, -0.2) is 9.78 Å². The number of nitrogen functional groups attached to an aromatic ring is 1. The van der Waals surface area contributed by atoms with Gasteiger partial charge >= 0.3 is 5.97 Å². The molecule has 1 aromatic carbocycles. The molecular formula is C14H14N2O3. The summed E-state index contributed by atoms with van der Waals surface area (Å²) in [5, 5.41) is 9.09. The lowest BCUT2D eigenvalue weighted by molar-refractivity contribution is 0.0693. The van der Waals surface area contributed by atoms with Gasteiger partial charge in [0.25, 0.3) is 0 Å². The number of aromatic nitrogens is 1. The Morgan fingerprint density at radius 2 is 2.21 bits per heavy atom. The Morgan fingerprint density at radius 1 is 1.42 bits per heavy atom. The van der Waals surface area contributed by atoms with Crippen LogP contribution in [0.1, 0.15) is 22.8 Å². The molecule has 2 aromatic rings. The fraction of sp³-hybridized carbons (Fsp3) is 0.143. The molecule has 0 aliphatic heterocycles. The van der Waals surface area contributed by atoms with Crippen molar-refractivity contribution in [2.45, 2.75) is 13.3 Å². The highest BCUT2D eigenvalue weighted by Crippen LogP contribution is 2.25. The normalized spacial score (nSPS) is 10.2. The van der Waals surface area contributed by atoms with Crippen LogP contribution < -0.4 is 10.5 Å². The van der Waals surface area contributed by atoms with Gasteiger partial charge < -0.3 is 15.6 Å². The summed E-state index contributed by atoms with van der Waals surface area (Å²) >= 11 is 0. The zero-order valence-corrected chi connectivity index (χ0v) is 10.5. The van der Waals surface area contributed by atoms with Crippen LogP contribution in [0, 0.1) is 0 Å². The van der Waals surface area contributed by atoms with E-state index in [1.807, 2.05) is 25.1 Å². The van der Waals surface area contributed by atoms with Crippen LogP contribution in [0.3, 0.4) is 0 Å². The van der Waals surface area contributed by atoms with Crippen LogP contribution in [0.2, 0.25) is 0 Å². The number of carboxylic acid groups (broad SMARTS) is 1. The number of aromatic carboxylic acids is 1. The van der Waals surface area contributed by atoms with Gasteiger partial charge in [-0.15, -0.1) is 0 Å². The molecule has 0 saturated heterocycles. The summed E-state index contributed by atoms with van der Waals surface area (Å²) in [5.41, 5.74) is 6.86. The minimum Gasteiger partial charge on any atom is -0.477 e. The predicted octanol–water partition coefficient (Wildman–Crippen LogP) is 2.72. The molecule has 5 nitrogen and oxygen atoms in total. The average Bonchev–Trinajstić information content (AvgIpc) is 2.41. The Morgan fingerprint density at radius 3 is 2.89 bits per heavy atom. The topological polar surface area (TPSA) is 85.4 Å². The lowest BCUT2D eigenvalue weighted by atomic mass is 10.2. The molecule has 0 spiro atoms. The summed E-state index contributed by atoms with van der Waals surface area (Å²) in [4.78, 5) is 15.0. The molecule has 0 aliphatic rings. The summed E-state index contributed by atoms with van der Waals surface area (Å²) in [6.45, 7) is 2.03. The largest absolute Gasteiger partial charge is 0.477 e. The minimum absolute atomic E-state index is 0.0370. The first kappa shape index (κ1) is 12.9. The molecule has 0 atom stereocenters. The first-order chi connectivity index (χ1) is 9.10. The van der Waals surface area contributed by atoms with E-state index in [1.54, 1.807) is 6.07 Å². The highest BCUT2D eigenvalue weighted by Gasteiger charge is 2.14. The second-order valence-electron chi connectivity index (χ2n) is 4.03. The van der Waals surface area contributed by atoms with E-state index < -0.39 is 5.97 Å². The van der Waals surface area contributed by atoms with Crippen molar-refractivity contribution in [3.8, 4) is 11.6 Å². The summed E-state index contributed by atoms with van der Waals surface area (Å²) < 4.78 is 5.52. The van der Waals surface area contributed by atoms with Crippen LogP contribution in [-0.2, 0) is 6.42 Å². The van der Waals surface area contributed by atoms with E-state index in [4.69, 9.17) is 15.6 Å². The Hall–Kier alpha value is -2.56. The van der Waals surface area contributed by atoms with Crippen molar-refractivity contribution in [3.63, 3.8) is 0 Å². The van der Waals surface area contributed by atoms with Crippen molar-refractivity contribution in [1.82, 2.24) is 4.98 Å². The van der Waals surface area contributed by atoms with Crippen molar-refractivity contribution < 1.29 is 14.6 Å². The van der Waals surface area contributed by atoms with Crippen molar-refractivity contribution in [2.24, 2.45) is 0 Å². The van der Waals surface area contributed by atoms with Crippen molar-refractivity contribution in [2.75, 3.05) is 5.73 Å². The third kappa shape index (κ3) is 3.01. The fourth-order valence-corrected chi connectivity index (χ4v) is 1.64. The van der Waals surface area contributed by atoms with E-state index in [0.29, 0.717) is 5.75 Å². The lowest BCUT2D eigenvalue weighted by Gasteiger charge is -2.09. The number of anilines is 1. The first-order valence-electron chi connectivity index (χ1n) is 5.85. The van der Waals surface area contributed by atoms with Crippen LogP contribution in [0.4, 0.5) is 5.69 Å². The van der Waals surface area contributed by atoms with Gasteiger partial charge in [0.15, 0.2) is 0 Å². The Kier molecular flexibility index (Phi) is 3.66. The predicted molar refractivity (Wildman–Crippen MR) is 71.5 cm³/mol. The number of hydrogen-bond acceptors (Lipinski definition) is 4. The second kappa shape index (κ2) is 5.39. The van der Waals surface area contributed by atoms with Gasteiger partial charge in [-0.3, -0.25) is 0 Å². The number of pyridine rings is 1. The zero-order valence-electron chi connectivity index (χ0n) is 10.5. The number of nitrogens with two attached hydrogens (primary N) is 1. The van der Waals surface area contributed by atoms with Crippen LogP contribution in [0.15, 0.2) is 36.5 Å². The molecule has 0 aliphatic carbocycles. The average molecular weight is 258 g/mol. The van der Waals surface area contributed by atoms with Gasteiger partial charge in [0.1, 0.15) is 11.3 Å². The first-order valence-corrected chi connectivity index (χ1v) is 5.85. The molecular weight excluding hydrogens is 244 g/mol. The lowest BCUT2D eigenvalue weighted by Crippen LogP contribution is -2.03. The molecule has 0 amide bonds. The summed E-state index contributed by atoms with van der Waals surface area (Å²) in [6.07, 6.45) is 2.24. The van der Waals surface area contributed by atoms with Gasteiger partial charge in [0.2, 0.25) is 5.88 Å². The Labute approximate surface area is 110 Å². The molecule has 98 valence electrons. The molecule has 2 rings (SSSR count). The maximum absolute atomic E-state index is 11.1. The van der Waals surface area contributed by atoms with E-state index in [2.05, 4.69) is 4.98 Å². The molecule has 0 bridgehead atoms. The smallest absolute Gasteiger partial charge is 0.341 e. The van der Waals surface area contributed by atoms with Gasteiger partial charge in [-0.05, 0) is 30.2 Å². The van der Waals surface area contributed by atoms with E-state index >= 15 is 0 Å². The van der Waals surface area contributed by atoms with Gasteiger partial charge in [-0.2, -0.15) is 0 Å². The van der Waals surface area contributed by atoms with E-state index in [0.717, 1.165) is 12.0 Å². The molecule has 1 heterocycles. The van der Waals surface area contributed by atoms with Crippen LogP contribution in [0.25, 0.3) is 0 Å². The molecule has 0 radical (unpaired) electrons. The SMILES string of the molecule is CCc1cccc(Oc2ncc(N)cc2C(=O)O)c1. The zero-order chi connectivity index (χ0) is 13.8. The minimum atomic E-state index is -1.12. The summed E-state index contributed by atoms with van der Waals surface area (Å²) in [5.74, 6) is -0.532. The van der Waals surface area contributed by atoms with E-state index in [1.165, 1.54) is 12.3 Å². The number of ether oxygens (including phenoxy) is 1. The van der Waals surface area contributed by atoms with Crippen LogP contribution in [0.5, 0.6) is 11.6 Å². The molecule has 0 fully saturated rings. The number of carbonyl (C=O) groups is 1. The van der Waals surface area contributed by atoms with Gasteiger partial charge in [-0.1, -0.05) is 19.1 Å². The monoisotopic (exact) mass is 258 g/mol. The fourth-order valence-electron chi connectivity index (χ4n) is 1.64. The third-order valence-corrected chi connectivity index (χ3v) is 2.62. The second-order valence-corrected chi connectivity index (χ2v) is 4.03. The Bertz CT molecular complexity index is 611. The molecule has 0 unspecified atom stereocenters. The number of benzene rings is 1. The standard InChI is InChI=1S/C14H14N2O3/c1-2-9-4-3-5-11(6-9)19-13-12(14(17)18)7-10(15)8-16-13/h3-8H,2,15H2,1H3,(H,17,18).